The van der Waals surface area contributed by atoms with Crippen molar-refractivity contribution < 1.29 is 23.9 Å². The van der Waals surface area contributed by atoms with E-state index < -0.39 is 36.0 Å². The summed E-state index contributed by atoms with van der Waals surface area (Å²) in [5, 5.41) is 4.30. The van der Waals surface area contributed by atoms with Crippen molar-refractivity contribution >= 4 is 45.6 Å². The largest absolute Gasteiger partial charge is 0.454 e. The van der Waals surface area contributed by atoms with Gasteiger partial charge in [-0.3, -0.25) is 24.6 Å². The zero-order valence-corrected chi connectivity index (χ0v) is 18.9. The first-order valence-corrected chi connectivity index (χ1v) is 11.5. The van der Waals surface area contributed by atoms with Crippen LogP contribution in [0.3, 0.4) is 0 Å². The van der Waals surface area contributed by atoms with E-state index in [-0.39, 0.29) is 12.0 Å². The van der Waals surface area contributed by atoms with E-state index >= 15 is 0 Å². The Balaban J connectivity index is 1.27. The minimum Gasteiger partial charge on any atom is -0.454 e. The highest BCUT2D eigenvalue weighted by Crippen LogP contribution is 2.33. The lowest BCUT2D eigenvalue weighted by molar-refractivity contribution is -0.151. The number of carbonyl (C=O) groups excluding carboxylic acids is 4. The number of carbonyl (C=O) groups is 4. The van der Waals surface area contributed by atoms with Crippen molar-refractivity contribution in [3.8, 4) is 0 Å². The first-order valence-electron chi connectivity index (χ1n) is 11.5. The third kappa shape index (κ3) is 4.01. The van der Waals surface area contributed by atoms with Gasteiger partial charge in [0.05, 0.1) is 11.0 Å². The number of imide groups is 1. The molecule has 1 aliphatic carbocycles. The van der Waals surface area contributed by atoms with Crippen LogP contribution in [-0.4, -0.2) is 45.5 Å². The van der Waals surface area contributed by atoms with E-state index in [1.54, 1.807) is 53.1 Å². The first-order chi connectivity index (χ1) is 16.9. The maximum atomic E-state index is 12.8. The third-order valence-corrected chi connectivity index (χ3v) is 6.64. The lowest BCUT2D eigenvalue weighted by atomic mass is 9.82. The summed E-state index contributed by atoms with van der Waals surface area (Å²) in [6.07, 6.45) is 3.69. The zero-order chi connectivity index (χ0) is 24.6. The Labute approximate surface area is 199 Å². The molecule has 0 unspecified atom stereocenters. The molecule has 1 spiro atoms. The van der Waals surface area contributed by atoms with E-state index in [1.165, 1.54) is 0 Å². The lowest BCUT2D eigenvalue weighted by Crippen LogP contribution is -2.51. The number of nitrogens with one attached hydrogen (secondary N) is 2. The van der Waals surface area contributed by atoms with Gasteiger partial charge in [-0.1, -0.05) is 43.5 Å². The number of urea groups is 1. The fourth-order valence-corrected chi connectivity index (χ4v) is 4.94. The van der Waals surface area contributed by atoms with Crippen molar-refractivity contribution in [3.63, 3.8) is 0 Å². The minimum atomic E-state index is -0.966. The second-order valence-electron chi connectivity index (χ2n) is 8.86. The molecule has 0 radical (unpaired) electrons. The van der Waals surface area contributed by atoms with Gasteiger partial charge < -0.3 is 14.6 Å². The quantitative estimate of drug-likeness (QED) is 0.329. The molecule has 4 amide bonds. The number of para-hydroxylation sites is 2. The average Bonchev–Trinajstić information content (AvgIpc) is 3.09. The molecule has 35 heavy (non-hydrogen) atoms. The number of hydrazine groups is 1. The van der Waals surface area contributed by atoms with Crippen molar-refractivity contribution in [1.29, 1.82) is 0 Å². The first kappa shape index (κ1) is 22.6. The molecule has 10 heteroatoms. The Hall–Kier alpha value is -4.21. The fourth-order valence-electron chi connectivity index (χ4n) is 4.94. The van der Waals surface area contributed by atoms with Crippen molar-refractivity contribution in [2.45, 2.75) is 44.2 Å². The summed E-state index contributed by atoms with van der Waals surface area (Å²) >= 11 is 0. The van der Waals surface area contributed by atoms with Crippen LogP contribution in [0.1, 0.15) is 32.1 Å². The second kappa shape index (κ2) is 8.86. The minimum absolute atomic E-state index is 0.135. The van der Waals surface area contributed by atoms with Gasteiger partial charge in [0, 0.05) is 10.8 Å². The Bertz CT molecular complexity index is 1360. The van der Waals surface area contributed by atoms with E-state index in [1.807, 2.05) is 0 Å². The third-order valence-electron chi connectivity index (χ3n) is 6.64. The molecule has 2 heterocycles. The monoisotopic (exact) mass is 476 g/mol. The lowest BCUT2D eigenvalue weighted by Gasteiger charge is -2.30. The van der Waals surface area contributed by atoms with Gasteiger partial charge in [-0.05, 0) is 37.1 Å². The van der Waals surface area contributed by atoms with Crippen molar-refractivity contribution in [1.82, 2.24) is 20.3 Å². The molecule has 2 aliphatic rings. The van der Waals surface area contributed by atoms with E-state index in [2.05, 4.69) is 10.7 Å². The van der Waals surface area contributed by atoms with Gasteiger partial charge in [0.25, 0.3) is 11.8 Å². The summed E-state index contributed by atoms with van der Waals surface area (Å²) < 4.78 is 6.80. The number of rotatable bonds is 5. The summed E-state index contributed by atoms with van der Waals surface area (Å²) in [6.45, 7) is -0.903. The number of amides is 4. The highest BCUT2D eigenvalue weighted by Gasteiger charge is 2.52. The summed E-state index contributed by atoms with van der Waals surface area (Å²) in [6, 6.07) is 13.2. The van der Waals surface area contributed by atoms with Crippen LogP contribution in [0.5, 0.6) is 0 Å². The molecule has 2 fully saturated rings. The van der Waals surface area contributed by atoms with Crippen molar-refractivity contribution in [2.75, 3.05) is 6.61 Å². The highest BCUT2D eigenvalue weighted by atomic mass is 16.5. The van der Waals surface area contributed by atoms with Crippen molar-refractivity contribution in [3.05, 3.63) is 58.8 Å². The predicted molar refractivity (Wildman–Crippen MR) is 126 cm³/mol. The van der Waals surface area contributed by atoms with Gasteiger partial charge in [0.2, 0.25) is 0 Å². The van der Waals surface area contributed by atoms with Crippen LogP contribution < -0.4 is 16.2 Å². The Morgan fingerprint density at radius 1 is 0.914 bits per heavy atom. The van der Waals surface area contributed by atoms with Crippen LogP contribution in [0.2, 0.25) is 0 Å². The Morgan fingerprint density at radius 2 is 1.51 bits per heavy atom. The van der Waals surface area contributed by atoms with E-state index in [0.717, 1.165) is 19.3 Å². The van der Waals surface area contributed by atoms with Gasteiger partial charge in [-0.2, -0.15) is 5.01 Å². The van der Waals surface area contributed by atoms with Crippen LogP contribution in [-0.2, 0) is 25.7 Å². The number of benzene rings is 2. The van der Waals surface area contributed by atoms with Gasteiger partial charge in [0.1, 0.15) is 12.1 Å². The molecule has 0 atom stereocenters. The molecule has 180 valence electrons. The molecule has 1 aliphatic heterocycles. The molecule has 5 rings (SSSR count). The molecule has 1 aromatic heterocycles. The molecule has 10 nitrogen and oxygen atoms in total. The number of ether oxygens (including phenoxy) is 1. The maximum Gasteiger partial charge on any atom is 0.344 e. The SMILES string of the molecule is O=C(COC(=O)Cn1c2ccccc2c(=O)c2ccccc21)NN1C(=O)NC2(CCCCC2)C1=O. The zero-order valence-electron chi connectivity index (χ0n) is 18.9. The topological polar surface area (TPSA) is 127 Å². The highest BCUT2D eigenvalue weighted by molar-refractivity contribution is 6.08. The Kier molecular flexibility index (Phi) is 5.72. The smallest absolute Gasteiger partial charge is 0.344 e. The van der Waals surface area contributed by atoms with Crippen LogP contribution in [0.15, 0.2) is 53.3 Å². The van der Waals surface area contributed by atoms with Gasteiger partial charge in [0.15, 0.2) is 12.0 Å². The van der Waals surface area contributed by atoms with Crippen LogP contribution >= 0.6 is 0 Å². The number of fused-ring (bicyclic) bond motifs is 2. The second-order valence-corrected chi connectivity index (χ2v) is 8.86. The molecule has 1 saturated carbocycles. The average molecular weight is 476 g/mol. The van der Waals surface area contributed by atoms with Gasteiger partial charge >= 0.3 is 12.0 Å². The van der Waals surface area contributed by atoms with Crippen LogP contribution in [0.25, 0.3) is 21.8 Å². The van der Waals surface area contributed by atoms with Crippen LogP contribution in [0.4, 0.5) is 4.79 Å². The number of pyridine rings is 1. The van der Waals surface area contributed by atoms with E-state index in [4.69, 9.17) is 4.74 Å². The van der Waals surface area contributed by atoms with E-state index in [0.29, 0.717) is 39.7 Å². The number of nitrogens with zero attached hydrogens (tertiary/aromatic N) is 2. The van der Waals surface area contributed by atoms with Gasteiger partial charge in [-0.25, -0.2) is 4.79 Å². The molecule has 2 N–H and O–H groups in total. The van der Waals surface area contributed by atoms with E-state index in [9.17, 15) is 24.0 Å². The number of hydrogen-bond acceptors (Lipinski definition) is 6. The molecule has 3 aromatic rings. The fraction of sp³-hybridized carbons (Fsp3) is 0.320. The number of hydrogen-bond donors (Lipinski definition) is 2. The molecule has 0 bridgehead atoms. The summed E-state index contributed by atoms with van der Waals surface area (Å²) in [5.74, 6) is -2.00. The summed E-state index contributed by atoms with van der Waals surface area (Å²) in [4.78, 5) is 62.9. The normalized spacial score (nSPS) is 17.1. The summed E-state index contributed by atoms with van der Waals surface area (Å²) in [7, 11) is 0. The van der Waals surface area contributed by atoms with Gasteiger partial charge in [-0.15, -0.1) is 0 Å². The summed E-state index contributed by atoms with van der Waals surface area (Å²) in [5.41, 5.74) is 2.27. The maximum absolute atomic E-state index is 12.8. The predicted octanol–water partition coefficient (Wildman–Crippen LogP) is 1.98. The number of aromatic nitrogens is 1. The molecular formula is C25H24N4O6. The molecule has 2 aromatic carbocycles. The number of esters is 1. The molecule has 1 saturated heterocycles. The molecular weight excluding hydrogens is 452 g/mol. The standard InChI is InChI=1S/C25H24N4O6/c30-20(27-29-23(33)25(26-24(29)34)12-6-1-7-13-25)15-35-21(31)14-28-18-10-4-2-8-16(18)22(32)17-9-3-5-11-19(17)28/h2-5,8-11H,1,6-7,12-15H2,(H,26,34)(H,27,30). The van der Waals surface area contributed by atoms with Crippen LogP contribution in [0, 0.1) is 0 Å². The van der Waals surface area contributed by atoms with Crippen molar-refractivity contribution in [2.24, 2.45) is 0 Å². The Morgan fingerprint density at radius 3 is 2.14 bits per heavy atom.